The second kappa shape index (κ2) is 7.19. The Morgan fingerprint density at radius 2 is 1.90 bits per heavy atom. The summed E-state index contributed by atoms with van der Waals surface area (Å²) in [6.45, 7) is 1.54. The highest BCUT2D eigenvalue weighted by molar-refractivity contribution is 6.38. The molecule has 144 valence electrons. The summed E-state index contributed by atoms with van der Waals surface area (Å²) in [6.07, 6.45) is 6.03. The number of aliphatic carboxylic acids is 1. The van der Waals surface area contributed by atoms with E-state index in [1.165, 1.54) is 23.6 Å². The van der Waals surface area contributed by atoms with Crippen molar-refractivity contribution in [1.82, 2.24) is 0 Å². The molecule has 0 fully saturated rings. The average Bonchev–Trinajstić information content (AvgIpc) is 2.69. The minimum absolute atomic E-state index is 0.438. The van der Waals surface area contributed by atoms with Crippen LogP contribution < -0.4 is 13.6 Å². The summed E-state index contributed by atoms with van der Waals surface area (Å²) in [4.78, 5) is 11.6. The van der Waals surface area contributed by atoms with E-state index in [4.69, 9.17) is 9.84 Å². The van der Waals surface area contributed by atoms with Crippen molar-refractivity contribution in [2.75, 3.05) is 0 Å². The van der Waals surface area contributed by atoms with Crippen LogP contribution in [0.5, 0.6) is 11.5 Å². The molecule has 0 saturated carbocycles. The molecule has 1 unspecified atom stereocenters. The molecule has 30 heavy (non-hydrogen) atoms. The van der Waals surface area contributed by atoms with Gasteiger partial charge in [0.1, 0.15) is 5.75 Å². The van der Waals surface area contributed by atoms with Crippen molar-refractivity contribution < 1.29 is 19.7 Å². The molecule has 0 aromatic heterocycles. The second-order valence-electron chi connectivity index (χ2n) is 8.03. The maximum Gasteiger partial charge on any atom is 0.344 e. The standard InChI is InChI=1S/C24H18O4.2Al/c1-13(24(26)27)28-20-9-7-15-4-2-3-5-18(15)22(20)23-19(25)8-6-16-10-14-11-17(12-14)21(16)23;;/h3,5-7,10-11,13,25H,2,4,12H2,1H3,(H,26,27);;/p+1. The third kappa shape index (κ3) is 2.99. The van der Waals surface area contributed by atoms with Crippen LogP contribution in [0.3, 0.4) is 0 Å². The van der Waals surface area contributed by atoms with Gasteiger partial charge < -0.3 is 14.9 Å². The van der Waals surface area contributed by atoms with E-state index in [2.05, 4.69) is 62.9 Å². The van der Waals surface area contributed by atoms with Crippen molar-refractivity contribution in [2.24, 2.45) is 0 Å². The fourth-order valence-electron chi connectivity index (χ4n) is 4.50. The lowest BCUT2D eigenvalue weighted by Gasteiger charge is -2.27. The van der Waals surface area contributed by atoms with Gasteiger partial charge in [-0.2, -0.15) is 0 Å². The van der Waals surface area contributed by atoms with Gasteiger partial charge in [0.15, 0.2) is 38.7 Å². The van der Waals surface area contributed by atoms with E-state index in [1.807, 2.05) is 6.07 Å². The Bertz CT molecular complexity index is 1280. The Kier molecular flexibility index (Phi) is 4.73. The minimum atomic E-state index is -1.01. The van der Waals surface area contributed by atoms with E-state index >= 15 is 0 Å². The molecule has 3 N–H and O–H groups in total. The number of fused-ring (bicyclic) bond motifs is 1. The Labute approximate surface area is 191 Å². The molecule has 6 heteroatoms. The Hall–Kier alpha value is -2.21. The topological polar surface area (TPSA) is 69.4 Å². The normalized spacial score (nSPS) is 14.8. The van der Waals surface area contributed by atoms with Gasteiger partial charge in [0.05, 0.1) is 5.56 Å². The van der Waals surface area contributed by atoms with Gasteiger partial charge >= 0.3 is 5.97 Å². The molecule has 0 spiro atoms. The summed E-state index contributed by atoms with van der Waals surface area (Å²) in [5.74, 6) is -0.0463. The number of rotatable bonds is 4. The highest BCUT2D eigenvalue weighted by Gasteiger charge is 2.29. The lowest BCUT2D eigenvalue weighted by atomic mass is 9.81. The first-order valence-electron chi connectivity index (χ1n) is 9.96. The first-order valence-corrected chi connectivity index (χ1v) is 11.1. The molecule has 1 atom stereocenters. The lowest BCUT2D eigenvalue weighted by molar-refractivity contribution is -0.144. The fourth-order valence-corrected chi connectivity index (χ4v) is 5.24. The molecule has 3 aromatic rings. The Morgan fingerprint density at radius 3 is 2.63 bits per heavy atom. The van der Waals surface area contributed by atoms with Crippen LogP contribution in [-0.2, 0) is 17.6 Å². The molecule has 0 heterocycles. The summed E-state index contributed by atoms with van der Waals surface area (Å²) in [6, 6.07) is 8.48. The molecule has 3 aromatic carbocycles. The predicted octanol–water partition coefficient (Wildman–Crippen LogP) is 2.25. The number of carboxylic acids is 1. The summed E-state index contributed by atoms with van der Waals surface area (Å²) in [7, 11) is 0. The van der Waals surface area contributed by atoms with E-state index in [1.54, 1.807) is 0 Å². The number of carboxylic acid groups (broad SMARTS) is 1. The first-order chi connectivity index (χ1) is 14.3. The van der Waals surface area contributed by atoms with E-state index in [0.717, 1.165) is 55.6 Å². The van der Waals surface area contributed by atoms with Gasteiger partial charge in [-0.25, -0.2) is 4.79 Å². The van der Waals surface area contributed by atoms with Crippen molar-refractivity contribution in [2.45, 2.75) is 32.3 Å². The van der Waals surface area contributed by atoms with Crippen LogP contribution in [0.2, 0.25) is 0 Å². The number of hydrogen-bond acceptors (Lipinski definition) is 2. The van der Waals surface area contributed by atoms with Gasteiger partial charge in [-0.1, -0.05) is 40.8 Å². The summed E-state index contributed by atoms with van der Waals surface area (Å²) < 4.78 is 7.66. The monoisotopic (exact) mass is 425 g/mol. The van der Waals surface area contributed by atoms with Crippen molar-refractivity contribution in [3.8, 4) is 22.6 Å². The molecule has 0 saturated heterocycles. The number of benzene rings is 3. The second-order valence-corrected chi connectivity index (χ2v) is 9.27. The molecule has 0 amide bonds. The quantitative estimate of drug-likeness (QED) is 0.403. The Morgan fingerprint density at radius 1 is 1.13 bits per heavy atom. The van der Waals surface area contributed by atoms with Gasteiger partial charge in [-0.05, 0) is 58.3 Å². The summed E-state index contributed by atoms with van der Waals surface area (Å²) in [5.41, 5.74) is 6.43. The van der Waals surface area contributed by atoms with Gasteiger partial charge in [0.2, 0.25) is 5.75 Å². The SMILES string of the molecule is CC(Oc1[c]([Al])cc2c(c1-c1c([OH2+])[c]([Al])cc3cc4cc(c13)C4)C=CCC2)C(=O)O. The number of allylic oxidation sites excluding steroid dienone is 1. The van der Waals surface area contributed by atoms with E-state index in [-0.39, 0.29) is 0 Å². The van der Waals surface area contributed by atoms with Gasteiger partial charge in [0.25, 0.3) is 0 Å². The zero-order valence-electron chi connectivity index (χ0n) is 16.6. The first kappa shape index (κ1) is 19.7. The van der Waals surface area contributed by atoms with E-state index in [9.17, 15) is 9.90 Å². The third-order valence-electron chi connectivity index (χ3n) is 6.00. The number of aryl methyl sites for hydroxylation is 1. The Balaban J connectivity index is 1.90. The molecular formula is C24H19Al2O4+. The van der Waals surface area contributed by atoms with Crippen LogP contribution in [0.4, 0.5) is 0 Å². The third-order valence-corrected chi connectivity index (χ3v) is 6.88. The molecule has 3 aliphatic carbocycles. The lowest BCUT2D eigenvalue weighted by Crippen LogP contribution is -2.27. The summed E-state index contributed by atoms with van der Waals surface area (Å²) in [5, 5.41) is 20.6. The number of hydrogen-bond donors (Lipinski definition) is 1. The van der Waals surface area contributed by atoms with E-state index in [0.29, 0.717) is 11.5 Å². The van der Waals surface area contributed by atoms with Gasteiger partial charge in [0, 0.05) is 10.9 Å². The maximum atomic E-state index is 11.6. The van der Waals surface area contributed by atoms with E-state index < -0.39 is 12.1 Å². The van der Waals surface area contributed by atoms with Crippen LogP contribution in [0, 0.1) is 0 Å². The maximum absolute atomic E-state index is 11.6. The molecular weight excluding hydrogens is 406 g/mol. The van der Waals surface area contributed by atoms with Gasteiger partial charge in [-0.3, -0.25) is 0 Å². The molecule has 3 aliphatic rings. The van der Waals surface area contributed by atoms with Crippen LogP contribution in [0.1, 0.15) is 35.6 Å². The molecule has 4 nitrogen and oxygen atoms in total. The van der Waals surface area contributed by atoms with Crippen molar-refractivity contribution >= 4 is 64.2 Å². The van der Waals surface area contributed by atoms with Crippen molar-refractivity contribution in [3.63, 3.8) is 0 Å². The zero-order chi connectivity index (χ0) is 21.2. The summed E-state index contributed by atoms with van der Waals surface area (Å²) >= 11 is 5.39. The van der Waals surface area contributed by atoms with Crippen molar-refractivity contribution in [1.29, 1.82) is 0 Å². The molecule has 6 rings (SSSR count). The molecule has 2 bridgehead atoms. The largest absolute Gasteiger partial charge is 0.594 e. The number of carbonyl (C=O) groups is 1. The van der Waals surface area contributed by atoms with Gasteiger partial charge in [-0.15, -0.1) is 0 Å². The predicted molar refractivity (Wildman–Crippen MR) is 121 cm³/mol. The number of ether oxygens (including phenoxy) is 1. The van der Waals surface area contributed by atoms with Crippen LogP contribution in [0.25, 0.3) is 28.0 Å². The minimum Gasteiger partial charge on any atom is -0.594 e. The highest BCUT2D eigenvalue weighted by Crippen LogP contribution is 2.47. The van der Waals surface area contributed by atoms with Crippen LogP contribution >= 0.6 is 0 Å². The fraction of sp³-hybridized carbons (Fsp3) is 0.208. The van der Waals surface area contributed by atoms with Crippen LogP contribution in [-0.4, -0.2) is 54.9 Å². The van der Waals surface area contributed by atoms with Crippen molar-refractivity contribution in [3.05, 3.63) is 52.6 Å². The smallest absolute Gasteiger partial charge is 0.344 e. The molecule has 4 radical (unpaired) electrons. The van der Waals surface area contributed by atoms with Crippen LogP contribution in [0.15, 0.2) is 30.3 Å². The average molecular weight is 425 g/mol. The highest BCUT2D eigenvalue weighted by atomic mass is 27.1. The zero-order valence-corrected chi connectivity index (χ0v) is 18.9. The molecule has 0 aliphatic heterocycles.